The molecule has 106 valence electrons. The first kappa shape index (κ1) is 13.8. The fourth-order valence-electron chi connectivity index (χ4n) is 3.14. The van der Waals surface area contributed by atoms with Crippen molar-refractivity contribution < 1.29 is 19.5 Å². The van der Waals surface area contributed by atoms with Gasteiger partial charge in [-0.25, -0.2) is 4.79 Å². The zero-order chi connectivity index (χ0) is 14.0. The average molecular weight is 269 g/mol. The number of aliphatic carboxylic acids is 1. The van der Waals surface area contributed by atoms with Crippen LogP contribution in [0.25, 0.3) is 0 Å². The highest BCUT2D eigenvalue weighted by Gasteiger charge is 2.43. The summed E-state index contributed by atoms with van der Waals surface area (Å²) in [6.45, 7) is 0.802. The number of hydrogen-bond donors (Lipinski definition) is 4. The maximum atomic E-state index is 12.1. The van der Waals surface area contributed by atoms with Crippen LogP contribution in [0.15, 0.2) is 0 Å². The smallest absolute Gasteiger partial charge is 0.326 e. The van der Waals surface area contributed by atoms with Crippen LogP contribution in [0.4, 0.5) is 0 Å². The topological polar surface area (TPSA) is 122 Å². The summed E-state index contributed by atoms with van der Waals surface area (Å²) in [5.74, 6) is -1.54. The Labute approximate surface area is 110 Å². The molecule has 1 saturated carbocycles. The average Bonchev–Trinajstić information content (AvgIpc) is 2.88. The molecule has 1 saturated heterocycles. The molecule has 1 aliphatic heterocycles. The molecule has 3 unspecified atom stereocenters. The van der Waals surface area contributed by atoms with Gasteiger partial charge in [0, 0.05) is 0 Å². The van der Waals surface area contributed by atoms with Gasteiger partial charge in [0.1, 0.15) is 6.04 Å². The summed E-state index contributed by atoms with van der Waals surface area (Å²) in [4.78, 5) is 33.9. The lowest BCUT2D eigenvalue weighted by Gasteiger charge is -2.20. The first-order valence-corrected chi connectivity index (χ1v) is 6.54. The standard InChI is InChI=1S/C12H19N3O4/c13-9(16)4-8(12(18)19)15-11(17)10-7-3-1-2-6(7)5-14-10/h6-8,10,14H,1-5H2,(H2,13,16)(H,15,17)(H,18,19)/t6?,7?,8-,10?/m0/s1. The molecule has 1 aliphatic carbocycles. The van der Waals surface area contributed by atoms with E-state index < -0.39 is 17.9 Å². The minimum atomic E-state index is -1.24. The first-order valence-electron chi connectivity index (χ1n) is 6.54. The highest BCUT2D eigenvalue weighted by molar-refractivity contribution is 5.90. The van der Waals surface area contributed by atoms with Crippen molar-refractivity contribution in [3.05, 3.63) is 0 Å². The van der Waals surface area contributed by atoms with Crippen molar-refractivity contribution in [1.82, 2.24) is 10.6 Å². The molecular weight excluding hydrogens is 250 g/mol. The molecule has 4 atom stereocenters. The van der Waals surface area contributed by atoms with E-state index in [4.69, 9.17) is 10.8 Å². The minimum Gasteiger partial charge on any atom is -0.480 e. The monoisotopic (exact) mass is 269 g/mol. The summed E-state index contributed by atoms with van der Waals surface area (Å²) in [6, 6.07) is -1.59. The quantitative estimate of drug-likeness (QED) is 0.500. The summed E-state index contributed by atoms with van der Waals surface area (Å²) < 4.78 is 0. The Hall–Kier alpha value is -1.63. The number of nitrogens with one attached hydrogen (secondary N) is 2. The van der Waals surface area contributed by atoms with Gasteiger partial charge in [0.05, 0.1) is 12.5 Å². The predicted molar refractivity (Wildman–Crippen MR) is 66.0 cm³/mol. The van der Waals surface area contributed by atoms with Gasteiger partial charge in [-0.2, -0.15) is 0 Å². The molecule has 5 N–H and O–H groups in total. The minimum absolute atomic E-state index is 0.281. The second kappa shape index (κ2) is 5.56. The Morgan fingerprint density at radius 3 is 2.74 bits per heavy atom. The third-order valence-electron chi connectivity index (χ3n) is 4.05. The maximum absolute atomic E-state index is 12.1. The molecule has 0 aromatic heterocycles. The summed E-state index contributed by atoms with van der Waals surface area (Å²) in [6.07, 6.45) is 2.83. The second-order valence-electron chi connectivity index (χ2n) is 5.31. The molecular formula is C12H19N3O4. The number of carbonyl (C=O) groups excluding carboxylic acids is 2. The third-order valence-corrected chi connectivity index (χ3v) is 4.05. The van der Waals surface area contributed by atoms with E-state index in [0.29, 0.717) is 5.92 Å². The van der Waals surface area contributed by atoms with Crippen molar-refractivity contribution in [2.75, 3.05) is 6.54 Å². The number of nitrogens with two attached hydrogens (primary N) is 1. The van der Waals surface area contributed by atoms with E-state index in [-0.39, 0.29) is 24.3 Å². The molecule has 2 rings (SSSR count). The van der Waals surface area contributed by atoms with Crippen molar-refractivity contribution in [2.45, 2.75) is 37.8 Å². The van der Waals surface area contributed by atoms with Crippen LogP contribution < -0.4 is 16.4 Å². The maximum Gasteiger partial charge on any atom is 0.326 e. The van der Waals surface area contributed by atoms with E-state index in [0.717, 1.165) is 25.8 Å². The fraction of sp³-hybridized carbons (Fsp3) is 0.750. The van der Waals surface area contributed by atoms with Gasteiger partial charge >= 0.3 is 5.97 Å². The fourth-order valence-corrected chi connectivity index (χ4v) is 3.14. The van der Waals surface area contributed by atoms with E-state index >= 15 is 0 Å². The molecule has 2 fully saturated rings. The summed E-state index contributed by atoms with van der Waals surface area (Å²) in [7, 11) is 0. The van der Waals surface area contributed by atoms with Crippen LogP contribution in [0, 0.1) is 11.8 Å². The number of rotatable bonds is 5. The number of fused-ring (bicyclic) bond motifs is 1. The molecule has 0 bridgehead atoms. The van der Waals surface area contributed by atoms with Crippen LogP contribution in [0.3, 0.4) is 0 Å². The van der Waals surface area contributed by atoms with Crippen molar-refractivity contribution in [3.63, 3.8) is 0 Å². The number of hydrogen-bond acceptors (Lipinski definition) is 4. The number of carboxylic acids is 1. The Kier molecular flexibility index (Phi) is 4.04. The number of amides is 2. The van der Waals surface area contributed by atoms with E-state index in [1.807, 2.05) is 0 Å². The lowest BCUT2D eigenvalue weighted by atomic mass is 9.93. The molecule has 2 aliphatic rings. The molecule has 0 aromatic carbocycles. The van der Waals surface area contributed by atoms with E-state index in [9.17, 15) is 14.4 Å². The van der Waals surface area contributed by atoms with Gasteiger partial charge in [0.25, 0.3) is 0 Å². The largest absolute Gasteiger partial charge is 0.480 e. The van der Waals surface area contributed by atoms with Crippen LogP contribution in [-0.4, -0.2) is 41.5 Å². The van der Waals surface area contributed by atoms with E-state index in [1.165, 1.54) is 0 Å². The van der Waals surface area contributed by atoms with Crippen molar-refractivity contribution in [2.24, 2.45) is 17.6 Å². The van der Waals surface area contributed by atoms with Crippen molar-refractivity contribution in [3.8, 4) is 0 Å². The van der Waals surface area contributed by atoms with Crippen LogP contribution in [-0.2, 0) is 14.4 Å². The Morgan fingerprint density at radius 2 is 2.11 bits per heavy atom. The SMILES string of the molecule is NC(=O)C[C@H](NC(=O)C1NCC2CCCC21)C(=O)O. The van der Waals surface area contributed by atoms with Crippen molar-refractivity contribution >= 4 is 17.8 Å². The Balaban J connectivity index is 1.95. The highest BCUT2D eigenvalue weighted by atomic mass is 16.4. The third kappa shape index (κ3) is 3.04. The van der Waals surface area contributed by atoms with Gasteiger partial charge in [-0.15, -0.1) is 0 Å². The molecule has 7 nitrogen and oxygen atoms in total. The summed E-state index contributed by atoms with van der Waals surface area (Å²) in [5.41, 5.74) is 4.98. The zero-order valence-electron chi connectivity index (χ0n) is 10.6. The normalized spacial score (nSPS) is 30.6. The van der Waals surface area contributed by atoms with Crippen LogP contribution >= 0.6 is 0 Å². The van der Waals surface area contributed by atoms with Gasteiger partial charge in [0.2, 0.25) is 11.8 Å². The first-order chi connectivity index (χ1) is 8.99. The number of carbonyl (C=O) groups is 3. The summed E-state index contributed by atoms with van der Waals surface area (Å²) in [5, 5.41) is 14.5. The van der Waals surface area contributed by atoms with Gasteiger partial charge in [-0.1, -0.05) is 6.42 Å². The summed E-state index contributed by atoms with van der Waals surface area (Å²) >= 11 is 0. The van der Waals surface area contributed by atoms with E-state index in [2.05, 4.69) is 10.6 Å². The Bertz CT molecular complexity index is 398. The molecule has 7 heteroatoms. The van der Waals surface area contributed by atoms with Crippen LogP contribution in [0.2, 0.25) is 0 Å². The van der Waals surface area contributed by atoms with Gasteiger partial charge < -0.3 is 21.5 Å². The predicted octanol–water partition coefficient (Wildman–Crippen LogP) is -1.18. The van der Waals surface area contributed by atoms with Gasteiger partial charge in [-0.3, -0.25) is 9.59 Å². The second-order valence-corrected chi connectivity index (χ2v) is 5.31. The number of carboxylic acid groups (broad SMARTS) is 1. The van der Waals surface area contributed by atoms with Gasteiger partial charge in [0.15, 0.2) is 0 Å². The highest BCUT2D eigenvalue weighted by Crippen LogP contribution is 2.37. The van der Waals surface area contributed by atoms with Crippen LogP contribution in [0.1, 0.15) is 25.7 Å². The lowest BCUT2D eigenvalue weighted by Crippen LogP contribution is -2.51. The van der Waals surface area contributed by atoms with Crippen LogP contribution in [0.5, 0.6) is 0 Å². The molecule has 19 heavy (non-hydrogen) atoms. The molecule has 0 aromatic rings. The zero-order valence-corrected chi connectivity index (χ0v) is 10.6. The van der Waals surface area contributed by atoms with Crippen molar-refractivity contribution in [1.29, 1.82) is 0 Å². The molecule has 0 spiro atoms. The molecule has 2 amide bonds. The Morgan fingerprint density at radius 1 is 1.37 bits per heavy atom. The molecule has 1 heterocycles. The van der Waals surface area contributed by atoms with Gasteiger partial charge in [-0.05, 0) is 31.2 Å². The molecule has 0 radical (unpaired) electrons. The lowest BCUT2D eigenvalue weighted by molar-refractivity contribution is -0.143. The van der Waals surface area contributed by atoms with E-state index in [1.54, 1.807) is 0 Å². The number of primary amides is 1.